The molecular weight excluding hydrogens is 409 g/mol. The van der Waals surface area contributed by atoms with Crippen LogP contribution < -0.4 is 15.8 Å². The van der Waals surface area contributed by atoms with Crippen molar-refractivity contribution in [2.24, 2.45) is 5.92 Å². The van der Waals surface area contributed by atoms with E-state index in [1.54, 1.807) is 27.9 Å². The lowest BCUT2D eigenvalue weighted by atomic mass is 9.94. The molecule has 0 aliphatic carbocycles. The lowest BCUT2D eigenvalue weighted by Gasteiger charge is -2.26. The molecule has 2 rings (SSSR count). The van der Waals surface area contributed by atoms with Gasteiger partial charge >= 0.3 is 6.18 Å². The molecule has 0 fully saturated rings. The van der Waals surface area contributed by atoms with Crippen molar-refractivity contribution in [2.75, 3.05) is 31.0 Å². The first-order chi connectivity index (χ1) is 13.9. The maximum atomic E-state index is 14.6. The van der Waals surface area contributed by atoms with Crippen LogP contribution in [0.2, 0.25) is 0 Å². The lowest BCUT2D eigenvalue weighted by molar-refractivity contribution is -0.137. The number of benzene rings is 1. The molecule has 0 aliphatic heterocycles. The van der Waals surface area contributed by atoms with Crippen LogP contribution in [-0.4, -0.2) is 36.4 Å². The minimum atomic E-state index is -4.70. The average molecular weight is 431 g/mol. The second kappa shape index (κ2) is 8.80. The average Bonchev–Trinajstić information content (AvgIpc) is 2.64. The zero-order valence-electron chi connectivity index (χ0n) is 16.8. The van der Waals surface area contributed by atoms with Crippen molar-refractivity contribution in [2.45, 2.75) is 26.1 Å². The molecule has 1 heterocycles. The van der Waals surface area contributed by atoms with Gasteiger partial charge in [-0.05, 0) is 18.1 Å². The van der Waals surface area contributed by atoms with Crippen molar-refractivity contribution in [3.63, 3.8) is 0 Å². The summed E-state index contributed by atoms with van der Waals surface area (Å²) >= 11 is 0. The second-order valence-electron chi connectivity index (χ2n) is 7.22. The van der Waals surface area contributed by atoms with E-state index in [0.29, 0.717) is 6.07 Å². The Labute approximate surface area is 169 Å². The number of alkyl halides is 4. The first kappa shape index (κ1) is 23.3. The third-order valence-corrected chi connectivity index (χ3v) is 4.39. The molecule has 164 valence electrons. The summed E-state index contributed by atoms with van der Waals surface area (Å²) in [5.41, 5.74) is -2.97. The highest BCUT2D eigenvalue weighted by Crippen LogP contribution is 2.34. The normalized spacial score (nSPS) is 12.7. The molecule has 30 heavy (non-hydrogen) atoms. The van der Waals surface area contributed by atoms with Gasteiger partial charge < -0.3 is 15.6 Å². The Morgan fingerprint density at radius 3 is 2.40 bits per heavy atom. The molecular formula is C19H22F5N5O. The summed E-state index contributed by atoms with van der Waals surface area (Å²) in [6.07, 6.45) is -4.70. The quantitative estimate of drug-likeness (QED) is 0.455. The van der Waals surface area contributed by atoms with Crippen LogP contribution >= 0.6 is 0 Å². The van der Waals surface area contributed by atoms with Crippen molar-refractivity contribution in [3.8, 4) is 0 Å². The first-order valence-corrected chi connectivity index (χ1v) is 8.95. The number of aromatic nitrogens is 2. The summed E-state index contributed by atoms with van der Waals surface area (Å²) in [4.78, 5) is 20.5. The molecule has 3 N–H and O–H groups in total. The first-order valence-electron chi connectivity index (χ1n) is 8.95. The van der Waals surface area contributed by atoms with Crippen LogP contribution in [-0.2, 0) is 6.18 Å². The highest BCUT2D eigenvalue weighted by Gasteiger charge is 2.32. The largest absolute Gasteiger partial charge is 0.416 e. The predicted octanol–water partition coefficient (Wildman–Crippen LogP) is 4.14. The van der Waals surface area contributed by atoms with Gasteiger partial charge in [-0.3, -0.25) is 9.78 Å². The third kappa shape index (κ3) is 4.95. The van der Waals surface area contributed by atoms with E-state index in [0.717, 1.165) is 12.1 Å². The summed E-state index contributed by atoms with van der Waals surface area (Å²) < 4.78 is 66.3. The summed E-state index contributed by atoms with van der Waals surface area (Å²) in [6, 6.07) is 1.27. The van der Waals surface area contributed by atoms with Gasteiger partial charge in [-0.2, -0.15) is 18.2 Å². The van der Waals surface area contributed by atoms with Crippen molar-refractivity contribution in [1.29, 1.82) is 5.41 Å². The van der Waals surface area contributed by atoms with E-state index >= 15 is 0 Å². The number of rotatable bonds is 7. The highest BCUT2D eigenvalue weighted by atomic mass is 19.4. The monoisotopic (exact) mass is 431 g/mol. The van der Waals surface area contributed by atoms with Gasteiger partial charge in [0.25, 0.3) is 5.56 Å². The van der Waals surface area contributed by atoms with Crippen LogP contribution in [0.5, 0.6) is 0 Å². The number of nitrogens with zero attached hydrogens (tertiary/aromatic N) is 2. The molecule has 0 spiro atoms. The number of anilines is 2. The fourth-order valence-electron chi connectivity index (χ4n) is 2.83. The Bertz CT molecular complexity index is 984. The van der Waals surface area contributed by atoms with Gasteiger partial charge in [0.05, 0.1) is 17.3 Å². The number of hydrogen-bond donors (Lipinski definition) is 3. The van der Waals surface area contributed by atoms with Gasteiger partial charge in [0.15, 0.2) is 0 Å². The Kier molecular flexibility index (Phi) is 6.84. The molecule has 1 aromatic carbocycles. The smallest absolute Gasteiger partial charge is 0.362 e. The van der Waals surface area contributed by atoms with Crippen LogP contribution in [0.1, 0.15) is 36.6 Å². The fraction of sp³-hybridized carbons (Fsp3) is 0.421. The summed E-state index contributed by atoms with van der Waals surface area (Å²) in [6.45, 7) is 2.14. The molecule has 1 atom stereocenters. The second-order valence-corrected chi connectivity index (χ2v) is 7.22. The van der Waals surface area contributed by atoms with E-state index < -0.39 is 41.5 Å². The maximum Gasteiger partial charge on any atom is 0.416 e. The molecule has 2 aromatic rings. The number of aromatic amines is 1. The van der Waals surface area contributed by atoms with E-state index in [9.17, 15) is 26.7 Å². The molecule has 1 unspecified atom stereocenters. The maximum absolute atomic E-state index is 14.6. The van der Waals surface area contributed by atoms with Crippen molar-refractivity contribution >= 4 is 17.5 Å². The zero-order valence-corrected chi connectivity index (χ0v) is 16.8. The van der Waals surface area contributed by atoms with Crippen molar-refractivity contribution in [3.05, 3.63) is 51.1 Å². The van der Waals surface area contributed by atoms with Crippen molar-refractivity contribution in [1.82, 2.24) is 9.97 Å². The van der Waals surface area contributed by atoms with Crippen LogP contribution in [0.3, 0.4) is 0 Å². The Morgan fingerprint density at radius 1 is 1.30 bits per heavy atom. The Hall–Kier alpha value is -2.98. The van der Waals surface area contributed by atoms with E-state index in [4.69, 9.17) is 5.41 Å². The van der Waals surface area contributed by atoms with Gasteiger partial charge in [0.1, 0.15) is 23.9 Å². The topological polar surface area (TPSA) is 84.9 Å². The minimum Gasteiger partial charge on any atom is -0.362 e. The SMILES string of the molecule is CC(C)C(Nc1nc(N(C)C)[nH]c(=O)c1C(=N)CF)c1ccc(C(F)(F)F)cc1F. The predicted molar refractivity (Wildman–Crippen MR) is 105 cm³/mol. The number of hydrogen-bond acceptors (Lipinski definition) is 5. The molecule has 0 saturated carbocycles. The lowest BCUT2D eigenvalue weighted by Crippen LogP contribution is -2.29. The van der Waals surface area contributed by atoms with Crippen molar-refractivity contribution < 1.29 is 22.0 Å². The number of nitrogens with one attached hydrogen (secondary N) is 3. The Balaban J connectivity index is 2.59. The van der Waals surface area contributed by atoms with Crippen LogP contribution in [0.4, 0.5) is 33.7 Å². The summed E-state index contributed by atoms with van der Waals surface area (Å²) in [5.74, 6) is -1.50. The molecule has 0 bridgehead atoms. The number of H-pyrrole nitrogens is 1. The molecule has 1 aromatic heterocycles. The van der Waals surface area contributed by atoms with Crippen LogP contribution in [0, 0.1) is 17.1 Å². The molecule has 11 heteroatoms. The van der Waals surface area contributed by atoms with E-state index in [-0.39, 0.29) is 28.8 Å². The fourth-order valence-corrected chi connectivity index (χ4v) is 2.83. The van der Waals surface area contributed by atoms with Crippen LogP contribution in [0.25, 0.3) is 0 Å². The van der Waals surface area contributed by atoms with Gasteiger partial charge in [0.2, 0.25) is 5.95 Å². The minimum absolute atomic E-state index is 0.0794. The molecule has 0 amide bonds. The van der Waals surface area contributed by atoms with Gasteiger partial charge in [-0.1, -0.05) is 19.9 Å². The number of halogens is 5. The standard InChI is InChI=1S/C19H22F5N5O/c1-9(2)15(11-6-5-10(7-12(11)21)19(22,23)24)26-16-14(13(25)8-20)17(30)28-18(27-16)29(3)4/h5-7,9,15,25H,8H2,1-4H3,(H2,26,27,28,30). The van der Waals surface area contributed by atoms with Gasteiger partial charge in [-0.25, -0.2) is 8.78 Å². The Morgan fingerprint density at radius 2 is 1.93 bits per heavy atom. The van der Waals surface area contributed by atoms with Crippen LogP contribution in [0.15, 0.2) is 23.0 Å². The molecule has 0 radical (unpaired) electrons. The third-order valence-electron chi connectivity index (χ3n) is 4.39. The highest BCUT2D eigenvalue weighted by molar-refractivity contribution is 6.02. The van der Waals surface area contributed by atoms with Gasteiger partial charge in [-0.15, -0.1) is 0 Å². The summed E-state index contributed by atoms with van der Waals surface area (Å²) in [7, 11) is 3.19. The molecule has 6 nitrogen and oxygen atoms in total. The van der Waals surface area contributed by atoms with E-state index in [2.05, 4.69) is 15.3 Å². The van der Waals surface area contributed by atoms with E-state index in [1.807, 2.05) is 0 Å². The molecule has 0 saturated heterocycles. The molecule has 0 aliphatic rings. The summed E-state index contributed by atoms with van der Waals surface area (Å²) in [5, 5.41) is 10.6. The van der Waals surface area contributed by atoms with Gasteiger partial charge in [0, 0.05) is 19.7 Å². The zero-order chi connectivity index (χ0) is 22.8. The van der Waals surface area contributed by atoms with E-state index in [1.165, 1.54) is 4.90 Å².